The van der Waals surface area contributed by atoms with Crippen molar-refractivity contribution in [2.75, 3.05) is 26.3 Å². The first-order chi connectivity index (χ1) is 9.74. The van der Waals surface area contributed by atoms with Gasteiger partial charge in [0.15, 0.2) is 0 Å². The number of alkyl halides is 3. The Bertz CT molecular complexity index is 482. The molecule has 3 nitrogen and oxygen atoms in total. The van der Waals surface area contributed by atoms with Crippen LogP contribution in [0, 0.1) is 0 Å². The summed E-state index contributed by atoms with van der Waals surface area (Å²) in [5.41, 5.74) is 5.13. The van der Waals surface area contributed by atoms with Crippen LogP contribution in [0.3, 0.4) is 0 Å². The van der Waals surface area contributed by atoms with E-state index < -0.39 is 23.3 Å². The minimum absolute atomic E-state index is 0.140. The van der Waals surface area contributed by atoms with Crippen molar-refractivity contribution in [1.82, 2.24) is 4.90 Å². The van der Waals surface area contributed by atoms with Gasteiger partial charge in [-0.2, -0.15) is 13.2 Å². The van der Waals surface area contributed by atoms with Crippen molar-refractivity contribution in [3.63, 3.8) is 0 Å². The number of morpholine rings is 1. The van der Waals surface area contributed by atoms with E-state index in [4.69, 9.17) is 10.5 Å². The molecule has 2 N–H and O–H groups in total. The molecule has 1 heterocycles. The second kappa shape index (κ2) is 5.94. The number of nitrogens with zero attached hydrogens (tertiary/aromatic N) is 1. The zero-order valence-electron chi connectivity index (χ0n) is 12.3. The fourth-order valence-electron chi connectivity index (χ4n) is 2.74. The highest BCUT2D eigenvalue weighted by molar-refractivity contribution is 5.34. The van der Waals surface area contributed by atoms with Gasteiger partial charge in [-0.1, -0.05) is 18.2 Å². The maximum atomic E-state index is 13.1. The van der Waals surface area contributed by atoms with Crippen LogP contribution in [0.2, 0.25) is 0 Å². The molecule has 0 aliphatic carbocycles. The molecule has 1 aromatic rings. The molecule has 0 bridgehead atoms. The summed E-state index contributed by atoms with van der Waals surface area (Å²) >= 11 is 0. The molecule has 1 saturated heterocycles. The molecule has 1 unspecified atom stereocenters. The van der Waals surface area contributed by atoms with Gasteiger partial charge in [0.1, 0.15) is 0 Å². The summed E-state index contributed by atoms with van der Waals surface area (Å²) in [6.45, 7) is 6.28. The lowest BCUT2D eigenvalue weighted by atomic mass is 9.85. The molecule has 1 aromatic carbocycles. The first-order valence-corrected chi connectivity index (χ1v) is 6.99. The Morgan fingerprint density at radius 1 is 1.14 bits per heavy atom. The van der Waals surface area contributed by atoms with Crippen molar-refractivity contribution in [2.45, 2.75) is 31.6 Å². The molecule has 2 rings (SSSR count). The minimum Gasteiger partial charge on any atom is -0.379 e. The number of benzene rings is 1. The zero-order valence-corrected chi connectivity index (χ0v) is 12.3. The highest BCUT2D eigenvalue weighted by atomic mass is 19.4. The number of nitrogens with two attached hydrogens (primary N) is 1. The Balaban J connectivity index is 2.32. The molecule has 1 aliphatic rings. The van der Waals surface area contributed by atoms with Crippen molar-refractivity contribution >= 4 is 0 Å². The Kier molecular flexibility index (Phi) is 4.60. The van der Waals surface area contributed by atoms with Crippen LogP contribution in [0.4, 0.5) is 13.2 Å². The normalized spacial score (nSPS) is 19.5. The lowest BCUT2D eigenvalue weighted by molar-refractivity contribution is -0.138. The molecule has 1 atom stereocenters. The summed E-state index contributed by atoms with van der Waals surface area (Å²) < 4.78 is 44.7. The van der Waals surface area contributed by atoms with E-state index in [-0.39, 0.29) is 5.56 Å². The quantitative estimate of drug-likeness (QED) is 0.933. The van der Waals surface area contributed by atoms with Gasteiger partial charge < -0.3 is 10.5 Å². The van der Waals surface area contributed by atoms with Gasteiger partial charge in [0, 0.05) is 24.7 Å². The summed E-state index contributed by atoms with van der Waals surface area (Å²) in [5, 5.41) is 0. The SMILES string of the molecule is CC(C)(C(N)c1ccccc1C(F)(F)F)N1CCOCC1. The molecule has 0 amide bonds. The van der Waals surface area contributed by atoms with Crippen LogP contribution in [0.1, 0.15) is 31.0 Å². The molecular formula is C15H21F3N2O. The fourth-order valence-corrected chi connectivity index (χ4v) is 2.74. The third-order valence-corrected chi connectivity index (χ3v) is 4.19. The van der Waals surface area contributed by atoms with Crippen molar-refractivity contribution in [2.24, 2.45) is 5.73 Å². The number of halogens is 3. The van der Waals surface area contributed by atoms with Gasteiger partial charge in [-0.25, -0.2) is 0 Å². The fraction of sp³-hybridized carbons (Fsp3) is 0.600. The molecule has 1 aliphatic heterocycles. The van der Waals surface area contributed by atoms with E-state index in [9.17, 15) is 13.2 Å². The van der Waals surface area contributed by atoms with Gasteiger partial charge in [-0.3, -0.25) is 4.90 Å². The summed E-state index contributed by atoms with van der Waals surface area (Å²) in [6.07, 6.45) is -4.39. The van der Waals surface area contributed by atoms with E-state index >= 15 is 0 Å². The van der Waals surface area contributed by atoms with Crippen LogP contribution in [0.5, 0.6) is 0 Å². The first-order valence-electron chi connectivity index (χ1n) is 6.99. The van der Waals surface area contributed by atoms with E-state index in [2.05, 4.69) is 4.90 Å². The van der Waals surface area contributed by atoms with Gasteiger partial charge >= 0.3 is 6.18 Å². The van der Waals surface area contributed by atoms with Crippen LogP contribution in [-0.4, -0.2) is 36.7 Å². The van der Waals surface area contributed by atoms with Crippen molar-refractivity contribution in [1.29, 1.82) is 0 Å². The Labute approximate surface area is 122 Å². The molecule has 0 radical (unpaired) electrons. The Morgan fingerprint density at radius 2 is 1.71 bits per heavy atom. The number of rotatable bonds is 3. The average Bonchev–Trinajstić information content (AvgIpc) is 2.46. The van der Waals surface area contributed by atoms with E-state index in [1.807, 2.05) is 13.8 Å². The van der Waals surface area contributed by atoms with Crippen molar-refractivity contribution in [3.05, 3.63) is 35.4 Å². The third-order valence-electron chi connectivity index (χ3n) is 4.19. The predicted molar refractivity (Wildman–Crippen MR) is 74.8 cm³/mol. The summed E-state index contributed by atoms with van der Waals surface area (Å²) in [4.78, 5) is 2.09. The molecule has 6 heteroatoms. The largest absolute Gasteiger partial charge is 0.416 e. The number of ether oxygens (including phenoxy) is 1. The topological polar surface area (TPSA) is 38.5 Å². The lowest BCUT2D eigenvalue weighted by Crippen LogP contribution is -2.55. The van der Waals surface area contributed by atoms with Gasteiger partial charge in [-0.15, -0.1) is 0 Å². The molecule has 1 fully saturated rings. The maximum Gasteiger partial charge on any atom is 0.416 e. The monoisotopic (exact) mass is 302 g/mol. The van der Waals surface area contributed by atoms with Crippen molar-refractivity contribution < 1.29 is 17.9 Å². The van der Waals surface area contributed by atoms with Gasteiger partial charge in [-0.05, 0) is 25.5 Å². The third kappa shape index (κ3) is 3.39. The molecule has 118 valence electrons. The second-order valence-electron chi connectivity index (χ2n) is 5.82. The van der Waals surface area contributed by atoms with E-state index in [1.165, 1.54) is 12.1 Å². The van der Waals surface area contributed by atoms with Crippen LogP contribution in [0.15, 0.2) is 24.3 Å². The van der Waals surface area contributed by atoms with Crippen LogP contribution in [0.25, 0.3) is 0 Å². The van der Waals surface area contributed by atoms with Crippen molar-refractivity contribution in [3.8, 4) is 0 Å². The molecular weight excluding hydrogens is 281 g/mol. The Hall–Kier alpha value is -1.11. The molecule has 0 aromatic heterocycles. The predicted octanol–water partition coefficient (Wildman–Crippen LogP) is 2.82. The van der Waals surface area contributed by atoms with E-state index in [0.717, 1.165) is 6.07 Å². The minimum atomic E-state index is -4.39. The molecule has 0 spiro atoms. The van der Waals surface area contributed by atoms with E-state index in [1.54, 1.807) is 6.07 Å². The standard InChI is InChI=1S/C15H21F3N2O/c1-14(2,20-7-9-21-10-8-20)13(19)11-5-3-4-6-12(11)15(16,17)18/h3-6,13H,7-10,19H2,1-2H3. The number of hydrogen-bond donors (Lipinski definition) is 1. The lowest BCUT2D eigenvalue weighted by Gasteiger charge is -2.45. The van der Waals surface area contributed by atoms with E-state index in [0.29, 0.717) is 26.3 Å². The smallest absolute Gasteiger partial charge is 0.379 e. The van der Waals surface area contributed by atoms with Gasteiger partial charge in [0.25, 0.3) is 0 Å². The Morgan fingerprint density at radius 3 is 2.29 bits per heavy atom. The summed E-state index contributed by atoms with van der Waals surface area (Å²) in [6, 6.07) is 4.81. The van der Waals surface area contributed by atoms with Gasteiger partial charge in [0.2, 0.25) is 0 Å². The van der Waals surface area contributed by atoms with Crippen LogP contribution in [-0.2, 0) is 10.9 Å². The highest BCUT2D eigenvalue weighted by Gasteiger charge is 2.40. The van der Waals surface area contributed by atoms with Crippen LogP contribution < -0.4 is 5.73 Å². The maximum absolute atomic E-state index is 13.1. The van der Waals surface area contributed by atoms with Crippen LogP contribution >= 0.6 is 0 Å². The van der Waals surface area contributed by atoms with Gasteiger partial charge in [0.05, 0.1) is 18.8 Å². The zero-order chi connectivity index (χ0) is 15.7. The average molecular weight is 302 g/mol. The first kappa shape index (κ1) is 16.3. The summed E-state index contributed by atoms with van der Waals surface area (Å²) in [5.74, 6) is 0. The number of hydrogen-bond acceptors (Lipinski definition) is 3. The second-order valence-corrected chi connectivity index (χ2v) is 5.82. The molecule has 0 saturated carbocycles. The molecule has 21 heavy (non-hydrogen) atoms. The highest BCUT2D eigenvalue weighted by Crippen LogP contribution is 2.38. The summed E-state index contributed by atoms with van der Waals surface area (Å²) in [7, 11) is 0.